The summed E-state index contributed by atoms with van der Waals surface area (Å²) in [7, 11) is 0. The molecule has 0 aliphatic heterocycles. The van der Waals surface area contributed by atoms with Gasteiger partial charge in [0.1, 0.15) is 6.61 Å². The van der Waals surface area contributed by atoms with Gasteiger partial charge in [-0.1, -0.05) is 13.8 Å². The number of ether oxygens (including phenoxy) is 1. The Bertz CT molecular complexity index is 469. The Hall–Kier alpha value is -0.940. The Labute approximate surface area is 118 Å². The van der Waals surface area contributed by atoms with Crippen molar-refractivity contribution in [3.8, 4) is 0 Å². The van der Waals surface area contributed by atoms with E-state index in [4.69, 9.17) is 4.74 Å². The molecule has 1 aromatic heterocycles. The van der Waals surface area contributed by atoms with Crippen LogP contribution in [-0.2, 0) is 17.7 Å². The fourth-order valence-corrected chi connectivity index (χ4v) is 3.04. The molecule has 0 saturated heterocycles. The summed E-state index contributed by atoms with van der Waals surface area (Å²) >= 11 is 0. The van der Waals surface area contributed by atoms with Gasteiger partial charge in [-0.15, -0.1) is 0 Å². The summed E-state index contributed by atoms with van der Waals surface area (Å²) in [5, 5.41) is 10.2. The second kappa shape index (κ2) is 5.82. The van der Waals surface area contributed by atoms with Gasteiger partial charge in [-0.2, -0.15) is 0 Å². The zero-order valence-electron chi connectivity index (χ0n) is 12.3. The number of aryl methyl sites for hydroxylation is 1. The normalized spacial score (nSPS) is 21.2. The maximum absolute atomic E-state index is 12.0. The number of aromatic nitrogens is 1. The quantitative estimate of drug-likeness (QED) is 0.845. The van der Waals surface area contributed by atoms with Crippen molar-refractivity contribution in [2.75, 3.05) is 13.2 Å². The highest BCUT2D eigenvalue weighted by Crippen LogP contribution is 2.41. The largest absolute Gasteiger partial charge is 0.388 e. The van der Waals surface area contributed by atoms with Crippen LogP contribution in [0.1, 0.15) is 43.3 Å². The predicted molar refractivity (Wildman–Crippen MR) is 73.1 cm³/mol. The van der Waals surface area contributed by atoms with Gasteiger partial charge in [0, 0.05) is 23.5 Å². The van der Waals surface area contributed by atoms with Crippen molar-refractivity contribution in [2.45, 2.75) is 52.7 Å². The Morgan fingerprint density at radius 1 is 1.50 bits per heavy atom. The van der Waals surface area contributed by atoms with Crippen LogP contribution in [0.3, 0.4) is 0 Å². The van der Waals surface area contributed by atoms with E-state index < -0.39 is 19.1 Å². The molecule has 2 rings (SSSR count). The van der Waals surface area contributed by atoms with Crippen molar-refractivity contribution in [3.63, 3.8) is 0 Å². The molecule has 1 aliphatic rings. The van der Waals surface area contributed by atoms with Gasteiger partial charge in [0.25, 0.3) is 6.43 Å². The topological polar surface area (TPSA) is 34.4 Å². The average Bonchev–Trinajstić information content (AvgIpc) is 2.60. The molecule has 5 heteroatoms. The summed E-state index contributed by atoms with van der Waals surface area (Å²) in [6.07, 6.45) is -1.21. The molecule has 1 aliphatic carbocycles. The number of aliphatic hydroxyl groups is 1. The van der Waals surface area contributed by atoms with Crippen LogP contribution in [0.2, 0.25) is 0 Å². The van der Waals surface area contributed by atoms with Crippen LogP contribution >= 0.6 is 0 Å². The fourth-order valence-electron chi connectivity index (χ4n) is 3.04. The van der Waals surface area contributed by atoms with Crippen molar-refractivity contribution in [2.24, 2.45) is 5.41 Å². The molecule has 1 atom stereocenters. The Balaban J connectivity index is 2.10. The summed E-state index contributed by atoms with van der Waals surface area (Å²) in [6.45, 7) is 6.56. The molecule has 1 aromatic rings. The summed E-state index contributed by atoms with van der Waals surface area (Å²) in [5.74, 6) is 0. The monoisotopic (exact) mass is 287 g/mol. The van der Waals surface area contributed by atoms with E-state index in [9.17, 15) is 13.9 Å². The van der Waals surface area contributed by atoms with Crippen LogP contribution in [0.15, 0.2) is 6.07 Å². The average molecular weight is 287 g/mol. The lowest BCUT2D eigenvalue weighted by molar-refractivity contribution is 0.0142. The van der Waals surface area contributed by atoms with Crippen LogP contribution in [0, 0.1) is 12.3 Å². The highest BCUT2D eigenvalue weighted by Gasteiger charge is 2.33. The van der Waals surface area contributed by atoms with E-state index in [0.717, 1.165) is 29.8 Å². The van der Waals surface area contributed by atoms with E-state index in [1.165, 1.54) is 0 Å². The molecule has 0 aromatic carbocycles. The molecule has 0 saturated carbocycles. The smallest absolute Gasteiger partial charge is 0.261 e. The Kier molecular flexibility index (Phi) is 4.49. The molecule has 3 nitrogen and oxygen atoms in total. The first kappa shape index (κ1) is 15.4. The van der Waals surface area contributed by atoms with Gasteiger partial charge in [-0.25, -0.2) is 8.78 Å². The van der Waals surface area contributed by atoms with Crippen molar-refractivity contribution < 1.29 is 18.6 Å². The van der Waals surface area contributed by atoms with Crippen LogP contribution in [0.5, 0.6) is 0 Å². The number of aliphatic hydroxyl groups excluding tert-OH is 1. The first-order chi connectivity index (χ1) is 9.30. The number of rotatable bonds is 5. The van der Waals surface area contributed by atoms with E-state index in [0.29, 0.717) is 6.54 Å². The second-order valence-corrected chi connectivity index (χ2v) is 6.37. The van der Waals surface area contributed by atoms with Gasteiger partial charge >= 0.3 is 0 Å². The van der Waals surface area contributed by atoms with Gasteiger partial charge in [-0.3, -0.25) is 0 Å². The number of hydrogen-bond donors (Lipinski definition) is 1. The summed E-state index contributed by atoms with van der Waals surface area (Å²) in [5.41, 5.74) is 3.20. The molecule has 20 heavy (non-hydrogen) atoms. The zero-order valence-corrected chi connectivity index (χ0v) is 12.3. The van der Waals surface area contributed by atoms with E-state index >= 15 is 0 Å². The predicted octanol–water partition coefficient (Wildman–Crippen LogP) is 3.08. The number of fused-ring (bicyclic) bond motifs is 1. The lowest BCUT2D eigenvalue weighted by atomic mass is 9.75. The van der Waals surface area contributed by atoms with Gasteiger partial charge in [0.05, 0.1) is 12.7 Å². The Morgan fingerprint density at radius 3 is 2.85 bits per heavy atom. The first-order valence-electron chi connectivity index (χ1n) is 7.03. The molecule has 1 heterocycles. The van der Waals surface area contributed by atoms with E-state index in [1.807, 2.05) is 13.0 Å². The van der Waals surface area contributed by atoms with E-state index in [1.54, 1.807) is 0 Å². The summed E-state index contributed by atoms with van der Waals surface area (Å²) < 4.78 is 31.1. The first-order valence-corrected chi connectivity index (χ1v) is 7.03. The molecule has 1 unspecified atom stereocenters. The zero-order chi connectivity index (χ0) is 14.9. The van der Waals surface area contributed by atoms with Gasteiger partial charge in [0.2, 0.25) is 0 Å². The maximum atomic E-state index is 12.0. The number of halogens is 2. The minimum absolute atomic E-state index is 0.0544. The highest BCUT2D eigenvalue weighted by atomic mass is 19.3. The molecular weight excluding hydrogens is 264 g/mol. The third-order valence-electron chi connectivity index (χ3n) is 3.90. The van der Waals surface area contributed by atoms with Crippen LogP contribution in [-0.4, -0.2) is 29.3 Å². The van der Waals surface area contributed by atoms with E-state index in [2.05, 4.69) is 18.4 Å². The van der Waals surface area contributed by atoms with Crippen LogP contribution in [0.25, 0.3) is 0 Å². The number of alkyl halides is 2. The molecule has 1 N–H and O–H groups in total. The molecule has 0 radical (unpaired) electrons. The lowest BCUT2D eigenvalue weighted by Crippen LogP contribution is -2.27. The number of nitrogens with zero attached hydrogens (tertiary/aromatic N) is 1. The Morgan fingerprint density at radius 2 is 2.20 bits per heavy atom. The SMILES string of the molecule is Cc1cc2c(n1CCOCC(F)F)CC(C)(C)CC2O. The van der Waals surface area contributed by atoms with Gasteiger partial charge in [-0.05, 0) is 31.2 Å². The second-order valence-electron chi connectivity index (χ2n) is 6.37. The standard InChI is InChI=1S/C15H23F2NO2/c1-10-6-11-12(7-15(2,3)8-13(11)19)18(10)4-5-20-9-14(16)17/h6,13-14,19H,4-5,7-9H2,1-3H3. The summed E-state index contributed by atoms with van der Waals surface area (Å²) in [6, 6.07) is 2.00. The van der Waals surface area contributed by atoms with Crippen molar-refractivity contribution >= 4 is 0 Å². The summed E-state index contributed by atoms with van der Waals surface area (Å²) in [4.78, 5) is 0. The molecule has 0 spiro atoms. The molecule has 0 fully saturated rings. The van der Waals surface area contributed by atoms with Crippen molar-refractivity contribution in [3.05, 3.63) is 23.0 Å². The number of hydrogen-bond acceptors (Lipinski definition) is 2. The van der Waals surface area contributed by atoms with Gasteiger partial charge in [0.15, 0.2) is 0 Å². The highest BCUT2D eigenvalue weighted by molar-refractivity contribution is 5.33. The van der Waals surface area contributed by atoms with E-state index in [-0.39, 0.29) is 12.0 Å². The third-order valence-corrected chi connectivity index (χ3v) is 3.90. The lowest BCUT2D eigenvalue weighted by Gasteiger charge is -2.34. The molecular formula is C15H23F2NO2. The minimum atomic E-state index is -2.42. The van der Waals surface area contributed by atoms with Crippen molar-refractivity contribution in [1.29, 1.82) is 0 Å². The van der Waals surface area contributed by atoms with Crippen LogP contribution < -0.4 is 0 Å². The maximum Gasteiger partial charge on any atom is 0.261 e. The minimum Gasteiger partial charge on any atom is -0.388 e. The fraction of sp³-hybridized carbons (Fsp3) is 0.733. The van der Waals surface area contributed by atoms with Crippen LogP contribution in [0.4, 0.5) is 8.78 Å². The molecule has 0 bridgehead atoms. The van der Waals surface area contributed by atoms with Gasteiger partial charge < -0.3 is 14.4 Å². The molecule has 114 valence electrons. The third kappa shape index (κ3) is 3.38. The molecule has 0 amide bonds. The van der Waals surface area contributed by atoms with Crippen molar-refractivity contribution in [1.82, 2.24) is 4.57 Å².